The second-order valence-corrected chi connectivity index (χ2v) is 7.49. The molecule has 140 valence electrons. The van der Waals surface area contributed by atoms with Crippen LogP contribution in [0.25, 0.3) is 5.69 Å². The number of nitrogens with zero attached hydrogens (tertiary/aromatic N) is 2. The summed E-state index contributed by atoms with van der Waals surface area (Å²) in [6, 6.07) is 14.7. The van der Waals surface area contributed by atoms with Crippen LogP contribution in [0, 0.1) is 0 Å². The molecule has 3 aromatic rings. The normalized spacial score (nSPS) is 12.0. The molecule has 1 heterocycles. The van der Waals surface area contributed by atoms with E-state index in [4.69, 9.17) is 23.2 Å². The number of hydrogen-bond acceptors (Lipinski definition) is 4. The minimum absolute atomic E-state index is 0.269. The van der Waals surface area contributed by atoms with Gasteiger partial charge in [0.2, 0.25) is 0 Å². The van der Waals surface area contributed by atoms with Crippen LogP contribution in [0.4, 0.5) is 5.69 Å². The maximum Gasteiger partial charge on any atom is 0.288 e. The van der Waals surface area contributed by atoms with Gasteiger partial charge in [0, 0.05) is 13.0 Å². The Morgan fingerprint density at radius 1 is 1.11 bits per heavy atom. The average Bonchev–Trinajstić information content (AvgIpc) is 2.65. The molecule has 0 saturated carbocycles. The molecule has 3 rings (SSSR count). The van der Waals surface area contributed by atoms with E-state index < -0.39 is 11.7 Å². The van der Waals surface area contributed by atoms with Crippen molar-refractivity contribution in [2.75, 3.05) is 11.9 Å². The fourth-order valence-electron chi connectivity index (χ4n) is 2.59. The van der Waals surface area contributed by atoms with Crippen LogP contribution in [0.15, 0.2) is 64.0 Å². The molecule has 5 nitrogen and oxygen atoms in total. The van der Waals surface area contributed by atoms with Crippen molar-refractivity contribution < 1.29 is 5.11 Å². The minimum Gasteiger partial charge on any atom is -0.391 e. The fraction of sp³-hybridized carbons (Fsp3) is 0.158. The third-order valence-electron chi connectivity index (χ3n) is 3.91. The predicted octanol–water partition coefficient (Wildman–Crippen LogP) is 4.32. The van der Waals surface area contributed by atoms with Crippen LogP contribution in [0.2, 0.25) is 10.0 Å². The summed E-state index contributed by atoms with van der Waals surface area (Å²) in [5.41, 5.74) is 1.43. The Hall–Kier alpha value is -1.86. The standard InChI is InChI=1S/C19H16BrCl2N3O2/c20-17-16(23-10-13(26)9-12-5-2-1-3-6-12)11-24-25(19(17)27)18-14(21)7-4-8-15(18)22/h1-8,11,13,23,26H,9-10H2. The molecule has 1 unspecified atom stereocenters. The van der Waals surface area contributed by atoms with E-state index in [9.17, 15) is 9.90 Å². The summed E-state index contributed by atoms with van der Waals surface area (Å²) in [6.07, 6.45) is 1.38. The van der Waals surface area contributed by atoms with Crippen molar-refractivity contribution >= 4 is 44.8 Å². The van der Waals surface area contributed by atoms with Gasteiger partial charge in [0.25, 0.3) is 5.56 Å². The molecule has 2 aromatic carbocycles. The lowest BCUT2D eigenvalue weighted by Crippen LogP contribution is -2.26. The number of para-hydroxylation sites is 1. The highest BCUT2D eigenvalue weighted by Gasteiger charge is 2.15. The lowest BCUT2D eigenvalue weighted by Gasteiger charge is -2.15. The van der Waals surface area contributed by atoms with E-state index in [-0.39, 0.29) is 11.0 Å². The van der Waals surface area contributed by atoms with Gasteiger partial charge in [-0.3, -0.25) is 4.79 Å². The summed E-state index contributed by atoms with van der Waals surface area (Å²) >= 11 is 15.6. The van der Waals surface area contributed by atoms with E-state index in [1.54, 1.807) is 18.2 Å². The summed E-state index contributed by atoms with van der Waals surface area (Å²) < 4.78 is 1.42. The van der Waals surface area contributed by atoms with Crippen molar-refractivity contribution in [1.82, 2.24) is 9.78 Å². The molecule has 0 radical (unpaired) electrons. The van der Waals surface area contributed by atoms with Gasteiger partial charge < -0.3 is 10.4 Å². The second kappa shape index (κ2) is 8.89. The van der Waals surface area contributed by atoms with Crippen LogP contribution in [0.3, 0.4) is 0 Å². The minimum atomic E-state index is -0.611. The number of benzene rings is 2. The van der Waals surface area contributed by atoms with Crippen molar-refractivity contribution in [3.8, 4) is 5.69 Å². The Balaban J connectivity index is 1.77. The molecule has 0 aliphatic heterocycles. The number of aromatic nitrogens is 2. The molecule has 0 bridgehead atoms. The Morgan fingerprint density at radius 3 is 2.44 bits per heavy atom. The number of rotatable bonds is 6. The van der Waals surface area contributed by atoms with Crippen LogP contribution in [0.1, 0.15) is 5.56 Å². The highest BCUT2D eigenvalue weighted by Crippen LogP contribution is 2.27. The molecule has 0 amide bonds. The van der Waals surface area contributed by atoms with Crippen LogP contribution < -0.4 is 10.9 Å². The van der Waals surface area contributed by atoms with Crippen molar-refractivity contribution in [2.45, 2.75) is 12.5 Å². The van der Waals surface area contributed by atoms with E-state index >= 15 is 0 Å². The smallest absolute Gasteiger partial charge is 0.288 e. The Kier molecular flexibility index (Phi) is 6.55. The van der Waals surface area contributed by atoms with Gasteiger partial charge in [0.05, 0.1) is 28.0 Å². The third kappa shape index (κ3) is 4.71. The largest absolute Gasteiger partial charge is 0.391 e. The average molecular weight is 469 g/mol. The number of nitrogens with one attached hydrogen (secondary N) is 1. The van der Waals surface area contributed by atoms with E-state index in [0.717, 1.165) is 10.2 Å². The first-order valence-electron chi connectivity index (χ1n) is 8.15. The summed E-state index contributed by atoms with van der Waals surface area (Å²) in [5.74, 6) is 0. The maximum atomic E-state index is 12.7. The number of hydrogen-bond donors (Lipinski definition) is 2. The van der Waals surface area contributed by atoms with Gasteiger partial charge in [-0.25, -0.2) is 0 Å². The van der Waals surface area contributed by atoms with Gasteiger partial charge in [0.15, 0.2) is 0 Å². The van der Waals surface area contributed by atoms with Crippen LogP contribution in [0.5, 0.6) is 0 Å². The van der Waals surface area contributed by atoms with Crippen molar-refractivity contribution in [2.24, 2.45) is 0 Å². The maximum absolute atomic E-state index is 12.7. The quantitative estimate of drug-likeness (QED) is 0.565. The molecule has 27 heavy (non-hydrogen) atoms. The molecule has 0 aliphatic rings. The highest BCUT2D eigenvalue weighted by atomic mass is 79.9. The number of aliphatic hydroxyl groups excluding tert-OH is 1. The third-order valence-corrected chi connectivity index (χ3v) is 5.29. The van der Waals surface area contributed by atoms with E-state index in [0.29, 0.717) is 27.8 Å². The molecule has 1 aromatic heterocycles. The van der Waals surface area contributed by atoms with Gasteiger partial charge >= 0.3 is 0 Å². The van der Waals surface area contributed by atoms with Crippen molar-refractivity contribution in [3.63, 3.8) is 0 Å². The topological polar surface area (TPSA) is 67.2 Å². The van der Waals surface area contributed by atoms with Gasteiger partial charge in [-0.05, 0) is 33.6 Å². The highest BCUT2D eigenvalue weighted by molar-refractivity contribution is 9.10. The molecule has 1 atom stereocenters. The SMILES string of the molecule is O=c1c(Br)c(NCC(O)Cc2ccccc2)cnn1-c1c(Cl)cccc1Cl. The number of anilines is 1. The molecule has 8 heteroatoms. The summed E-state index contributed by atoms with van der Waals surface area (Å²) in [5, 5.41) is 18.1. The van der Waals surface area contributed by atoms with Gasteiger partial charge in [-0.15, -0.1) is 0 Å². The lowest BCUT2D eigenvalue weighted by molar-refractivity contribution is 0.188. The predicted molar refractivity (Wildman–Crippen MR) is 112 cm³/mol. The van der Waals surface area contributed by atoms with E-state index in [1.807, 2.05) is 30.3 Å². The summed E-state index contributed by atoms with van der Waals surface area (Å²) in [4.78, 5) is 12.7. The van der Waals surface area contributed by atoms with E-state index in [2.05, 4.69) is 26.3 Å². The van der Waals surface area contributed by atoms with Crippen LogP contribution in [-0.2, 0) is 6.42 Å². The van der Waals surface area contributed by atoms with Gasteiger partial charge in [-0.2, -0.15) is 9.78 Å². The molecule has 0 saturated heterocycles. The molecular weight excluding hydrogens is 453 g/mol. The van der Waals surface area contributed by atoms with Gasteiger partial charge in [-0.1, -0.05) is 59.6 Å². The zero-order chi connectivity index (χ0) is 19.4. The number of aliphatic hydroxyl groups is 1. The Morgan fingerprint density at radius 2 is 1.78 bits per heavy atom. The first-order valence-corrected chi connectivity index (χ1v) is 9.70. The van der Waals surface area contributed by atoms with Crippen LogP contribution in [-0.4, -0.2) is 27.5 Å². The fourth-order valence-corrected chi connectivity index (χ4v) is 3.56. The summed E-state index contributed by atoms with van der Waals surface area (Å²) in [7, 11) is 0. The zero-order valence-electron chi connectivity index (χ0n) is 14.1. The first kappa shape index (κ1) is 19.9. The summed E-state index contributed by atoms with van der Waals surface area (Å²) in [6.45, 7) is 0.269. The van der Waals surface area contributed by atoms with Crippen molar-refractivity contribution in [3.05, 3.63) is 85.2 Å². The molecule has 0 spiro atoms. The molecule has 0 fully saturated rings. The lowest BCUT2D eigenvalue weighted by atomic mass is 10.1. The van der Waals surface area contributed by atoms with Crippen molar-refractivity contribution in [1.29, 1.82) is 0 Å². The Bertz CT molecular complexity index is 976. The van der Waals surface area contributed by atoms with Crippen LogP contribution >= 0.6 is 39.1 Å². The molecule has 0 aliphatic carbocycles. The molecular formula is C19H16BrCl2N3O2. The Labute approximate surface area is 174 Å². The number of halogens is 3. The van der Waals surface area contributed by atoms with Gasteiger partial charge in [0.1, 0.15) is 10.2 Å². The second-order valence-electron chi connectivity index (χ2n) is 5.88. The first-order chi connectivity index (χ1) is 13.0. The molecule has 2 N–H and O–H groups in total. The zero-order valence-corrected chi connectivity index (χ0v) is 17.2. The van der Waals surface area contributed by atoms with E-state index in [1.165, 1.54) is 6.20 Å². The monoisotopic (exact) mass is 467 g/mol.